The molecule has 0 bridgehead atoms. The van der Waals surface area contributed by atoms with Gasteiger partial charge in [-0.25, -0.2) is 4.79 Å². The Morgan fingerprint density at radius 1 is 1.29 bits per heavy atom. The van der Waals surface area contributed by atoms with E-state index in [-0.39, 0.29) is 11.5 Å². The Kier molecular flexibility index (Phi) is 5.27. The first-order valence-corrected chi connectivity index (χ1v) is 9.18. The molecule has 0 saturated carbocycles. The number of hydrogen-bond donors (Lipinski definition) is 2. The summed E-state index contributed by atoms with van der Waals surface area (Å²) in [5.74, 6) is 0.816. The van der Waals surface area contributed by atoms with Gasteiger partial charge in [0.05, 0.1) is 17.5 Å². The van der Waals surface area contributed by atoms with Crippen LogP contribution in [0.5, 0.6) is 5.75 Å². The maximum Gasteiger partial charge on any atom is 0.405 e. The topological polar surface area (TPSA) is 93.5 Å². The van der Waals surface area contributed by atoms with E-state index in [1.54, 1.807) is 24.0 Å². The summed E-state index contributed by atoms with van der Waals surface area (Å²) in [5.41, 5.74) is 0.166. The van der Waals surface area contributed by atoms with E-state index in [1.807, 2.05) is 45.0 Å². The second-order valence-corrected chi connectivity index (χ2v) is 7.90. The lowest BCUT2D eigenvalue weighted by Gasteiger charge is -2.28. The number of aromatic nitrogens is 2. The van der Waals surface area contributed by atoms with Crippen LogP contribution in [0.25, 0.3) is 21.7 Å². The lowest BCUT2D eigenvalue weighted by molar-refractivity contribution is 0.169. The van der Waals surface area contributed by atoms with Crippen LogP contribution in [0.15, 0.2) is 41.5 Å². The van der Waals surface area contributed by atoms with E-state index in [9.17, 15) is 9.59 Å². The molecular formula is C21H25N3O4. The standard InChI is InChI=1S/C21H25N3O4/c1-13(10-21(2,3)23-20(26)27)12-28-14-5-6-16-15-7-8-22-11-17(15)19(25)24(4)18(16)9-14/h5-9,11,13,23H,10,12H2,1-4H3,(H,26,27). The van der Waals surface area contributed by atoms with E-state index < -0.39 is 11.6 Å². The van der Waals surface area contributed by atoms with Gasteiger partial charge in [-0.1, -0.05) is 6.92 Å². The second kappa shape index (κ2) is 7.50. The number of ether oxygens (including phenoxy) is 1. The molecular weight excluding hydrogens is 358 g/mol. The molecule has 0 aliphatic rings. The number of carbonyl (C=O) groups is 1. The highest BCUT2D eigenvalue weighted by atomic mass is 16.5. The first-order valence-electron chi connectivity index (χ1n) is 9.18. The monoisotopic (exact) mass is 383 g/mol. The van der Waals surface area contributed by atoms with Crippen molar-refractivity contribution >= 4 is 27.8 Å². The maximum absolute atomic E-state index is 12.6. The molecule has 0 aliphatic heterocycles. The molecule has 2 N–H and O–H groups in total. The fourth-order valence-electron chi connectivity index (χ4n) is 3.71. The summed E-state index contributed by atoms with van der Waals surface area (Å²) in [6.07, 6.45) is 2.88. The van der Waals surface area contributed by atoms with Crippen LogP contribution < -0.4 is 15.6 Å². The average molecular weight is 383 g/mol. The van der Waals surface area contributed by atoms with Crippen LogP contribution in [0.4, 0.5) is 4.79 Å². The van der Waals surface area contributed by atoms with Gasteiger partial charge in [0.25, 0.3) is 5.56 Å². The molecule has 1 amide bonds. The summed E-state index contributed by atoms with van der Waals surface area (Å²) < 4.78 is 7.54. The Hall–Kier alpha value is -3.09. The van der Waals surface area contributed by atoms with E-state index >= 15 is 0 Å². The van der Waals surface area contributed by atoms with Crippen LogP contribution in [-0.4, -0.2) is 32.9 Å². The molecule has 1 unspecified atom stereocenters. The van der Waals surface area contributed by atoms with E-state index in [0.717, 1.165) is 16.3 Å². The number of carboxylic acid groups (broad SMARTS) is 1. The van der Waals surface area contributed by atoms with E-state index in [1.165, 1.54) is 0 Å². The zero-order valence-electron chi connectivity index (χ0n) is 16.5. The van der Waals surface area contributed by atoms with E-state index in [2.05, 4.69) is 10.3 Å². The third-order valence-corrected chi connectivity index (χ3v) is 4.82. The normalized spacial score (nSPS) is 12.9. The number of amides is 1. The number of benzene rings is 1. The number of hydrogen-bond acceptors (Lipinski definition) is 4. The van der Waals surface area contributed by atoms with Crippen molar-refractivity contribution in [2.75, 3.05) is 6.61 Å². The average Bonchev–Trinajstić information content (AvgIpc) is 2.63. The smallest absolute Gasteiger partial charge is 0.405 e. The number of fused-ring (bicyclic) bond motifs is 3. The summed E-state index contributed by atoms with van der Waals surface area (Å²) in [5, 5.41) is 13.9. The largest absolute Gasteiger partial charge is 0.493 e. The van der Waals surface area contributed by atoms with Gasteiger partial charge in [-0.05, 0) is 49.8 Å². The zero-order chi connectivity index (χ0) is 20.5. The van der Waals surface area contributed by atoms with Gasteiger partial charge in [0, 0.05) is 36.4 Å². The third-order valence-electron chi connectivity index (χ3n) is 4.82. The fraction of sp³-hybridized carbons (Fsp3) is 0.381. The number of pyridine rings is 2. The van der Waals surface area contributed by atoms with Crippen molar-refractivity contribution in [2.45, 2.75) is 32.7 Å². The Balaban J connectivity index is 1.82. The minimum atomic E-state index is -1.03. The highest BCUT2D eigenvalue weighted by Gasteiger charge is 2.23. The Morgan fingerprint density at radius 3 is 2.75 bits per heavy atom. The molecule has 1 atom stereocenters. The van der Waals surface area contributed by atoms with Crippen LogP contribution in [0.3, 0.4) is 0 Å². The summed E-state index contributed by atoms with van der Waals surface area (Å²) in [6, 6.07) is 7.55. The molecule has 2 heterocycles. The Morgan fingerprint density at radius 2 is 2.04 bits per heavy atom. The molecule has 7 heteroatoms. The molecule has 3 aromatic rings. The second-order valence-electron chi connectivity index (χ2n) is 7.90. The van der Waals surface area contributed by atoms with Gasteiger partial charge in [-0.2, -0.15) is 0 Å². The summed E-state index contributed by atoms with van der Waals surface area (Å²) in [7, 11) is 1.74. The zero-order valence-corrected chi connectivity index (χ0v) is 16.5. The van der Waals surface area contributed by atoms with Gasteiger partial charge in [0.1, 0.15) is 5.75 Å². The highest BCUT2D eigenvalue weighted by Crippen LogP contribution is 2.26. The number of aryl methyl sites for hydroxylation is 1. The molecule has 0 radical (unpaired) electrons. The van der Waals surface area contributed by atoms with Gasteiger partial charge in [-0.15, -0.1) is 0 Å². The van der Waals surface area contributed by atoms with E-state index in [4.69, 9.17) is 9.84 Å². The number of rotatable bonds is 6. The van der Waals surface area contributed by atoms with Crippen molar-refractivity contribution < 1.29 is 14.6 Å². The summed E-state index contributed by atoms with van der Waals surface area (Å²) >= 11 is 0. The predicted molar refractivity (Wildman–Crippen MR) is 109 cm³/mol. The minimum absolute atomic E-state index is 0.0948. The third kappa shape index (κ3) is 4.08. The Labute approximate surface area is 163 Å². The molecule has 0 aliphatic carbocycles. The molecule has 0 saturated heterocycles. The SMILES string of the molecule is CC(COc1ccc2c3ccncc3c(=O)n(C)c2c1)CC(C)(C)NC(=O)O. The molecule has 3 rings (SSSR count). The lowest BCUT2D eigenvalue weighted by Crippen LogP contribution is -2.44. The van der Waals surface area contributed by atoms with Crippen molar-refractivity contribution in [1.82, 2.24) is 14.9 Å². The van der Waals surface area contributed by atoms with Crippen LogP contribution in [-0.2, 0) is 7.05 Å². The molecule has 28 heavy (non-hydrogen) atoms. The highest BCUT2D eigenvalue weighted by molar-refractivity contribution is 6.05. The fourth-order valence-corrected chi connectivity index (χ4v) is 3.71. The van der Waals surface area contributed by atoms with Crippen molar-refractivity contribution in [3.63, 3.8) is 0 Å². The van der Waals surface area contributed by atoms with Crippen molar-refractivity contribution in [3.8, 4) is 5.75 Å². The molecule has 1 aromatic carbocycles. The quantitative estimate of drug-likeness (QED) is 0.635. The van der Waals surface area contributed by atoms with Crippen molar-refractivity contribution in [1.29, 1.82) is 0 Å². The molecule has 148 valence electrons. The van der Waals surface area contributed by atoms with Gasteiger partial charge in [-0.3, -0.25) is 9.78 Å². The number of nitrogens with one attached hydrogen (secondary N) is 1. The van der Waals surface area contributed by atoms with Gasteiger partial charge < -0.3 is 19.7 Å². The lowest BCUT2D eigenvalue weighted by atomic mass is 9.92. The first kappa shape index (κ1) is 19.7. The van der Waals surface area contributed by atoms with Crippen molar-refractivity contribution in [3.05, 3.63) is 47.0 Å². The number of nitrogens with zero attached hydrogens (tertiary/aromatic N) is 2. The summed E-state index contributed by atoms with van der Waals surface area (Å²) in [6.45, 7) is 6.16. The molecule has 7 nitrogen and oxygen atoms in total. The van der Waals surface area contributed by atoms with Crippen LogP contribution >= 0.6 is 0 Å². The Bertz CT molecular complexity index is 1090. The van der Waals surface area contributed by atoms with E-state index in [0.29, 0.717) is 24.2 Å². The molecule has 2 aromatic heterocycles. The van der Waals surface area contributed by atoms with Crippen LogP contribution in [0.1, 0.15) is 27.2 Å². The summed E-state index contributed by atoms with van der Waals surface area (Å²) in [4.78, 5) is 27.5. The van der Waals surface area contributed by atoms with Crippen LogP contribution in [0.2, 0.25) is 0 Å². The maximum atomic E-state index is 12.6. The van der Waals surface area contributed by atoms with Crippen molar-refractivity contribution in [2.24, 2.45) is 13.0 Å². The van der Waals surface area contributed by atoms with Crippen LogP contribution in [0, 0.1) is 5.92 Å². The van der Waals surface area contributed by atoms with Gasteiger partial charge >= 0.3 is 6.09 Å². The molecule has 0 spiro atoms. The predicted octanol–water partition coefficient (Wildman–Crippen LogP) is 3.54. The first-order chi connectivity index (χ1) is 13.2. The van der Waals surface area contributed by atoms with Gasteiger partial charge in [0.2, 0.25) is 0 Å². The molecule has 0 fully saturated rings. The van der Waals surface area contributed by atoms with Gasteiger partial charge in [0.15, 0.2) is 0 Å². The minimum Gasteiger partial charge on any atom is -0.493 e.